The minimum atomic E-state index is -3.45. The summed E-state index contributed by atoms with van der Waals surface area (Å²) in [6, 6.07) is 6.63. The van der Waals surface area contributed by atoms with Gasteiger partial charge in [0.1, 0.15) is 5.56 Å². The second kappa shape index (κ2) is 8.46. The smallest absolute Gasteiger partial charge is 0.256 e. The van der Waals surface area contributed by atoms with Gasteiger partial charge in [-0.15, -0.1) is 0 Å². The molecule has 1 amide bonds. The number of rotatable bonds is 8. The van der Waals surface area contributed by atoms with Crippen LogP contribution in [0, 0.1) is 6.92 Å². The Morgan fingerprint density at radius 1 is 1.23 bits per heavy atom. The maximum atomic E-state index is 12.4. The number of hydrogen-bond acceptors (Lipinski definition) is 5. The first-order chi connectivity index (χ1) is 12.3. The van der Waals surface area contributed by atoms with Crippen molar-refractivity contribution in [2.75, 3.05) is 13.1 Å². The van der Waals surface area contributed by atoms with E-state index in [9.17, 15) is 13.2 Å². The normalized spacial score (nSPS) is 11.7. The van der Waals surface area contributed by atoms with Crippen molar-refractivity contribution in [1.82, 2.24) is 15.2 Å². The Hall–Kier alpha value is -2.19. The summed E-state index contributed by atoms with van der Waals surface area (Å²) in [5.41, 5.74) is 2.00. The van der Waals surface area contributed by atoms with E-state index in [1.54, 1.807) is 38.1 Å². The van der Waals surface area contributed by atoms with Crippen molar-refractivity contribution in [1.29, 1.82) is 0 Å². The molecule has 1 heterocycles. The van der Waals surface area contributed by atoms with E-state index in [4.69, 9.17) is 4.52 Å². The molecular formula is C18H25N3O4S. The fourth-order valence-corrected chi connectivity index (χ4v) is 3.62. The lowest BCUT2D eigenvalue weighted by molar-refractivity contribution is 0.0951. The van der Waals surface area contributed by atoms with Gasteiger partial charge in [-0.25, -0.2) is 13.1 Å². The van der Waals surface area contributed by atoms with Crippen LogP contribution in [0.2, 0.25) is 0 Å². The lowest BCUT2D eigenvalue weighted by Crippen LogP contribution is -2.27. The summed E-state index contributed by atoms with van der Waals surface area (Å²) >= 11 is 0. The van der Waals surface area contributed by atoms with Gasteiger partial charge in [0, 0.05) is 19.0 Å². The summed E-state index contributed by atoms with van der Waals surface area (Å²) in [5, 5.41) is 6.74. The standard InChI is InChI=1S/C18H25N3O4S/c1-5-20-26(23,24)15-8-6-14(7-9-15)10-11-19-18(22)16-13(4)21-25-17(16)12(2)3/h6-9,12,20H,5,10-11H2,1-4H3,(H,19,22). The SMILES string of the molecule is CCNS(=O)(=O)c1ccc(CCNC(=O)c2c(C)noc2C(C)C)cc1. The average molecular weight is 379 g/mol. The Labute approximate surface area is 154 Å². The molecular weight excluding hydrogens is 354 g/mol. The second-order valence-corrected chi connectivity index (χ2v) is 8.08. The molecule has 26 heavy (non-hydrogen) atoms. The molecule has 0 aliphatic heterocycles. The molecule has 2 rings (SSSR count). The summed E-state index contributed by atoms with van der Waals surface area (Å²) in [6.45, 7) is 8.14. The number of benzene rings is 1. The van der Waals surface area contributed by atoms with Crippen LogP contribution < -0.4 is 10.0 Å². The molecule has 0 radical (unpaired) electrons. The fourth-order valence-electron chi connectivity index (χ4n) is 2.57. The Morgan fingerprint density at radius 3 is 2.46 bits per heavy atom. The monoisotopic (exact) mass is 379 g/mol. The quantitative estimate of drug-likeness (QED) is 0.733. The number of carbonyl (C=O) groups excluding carboxylic acids is 1. The maximum Gasteiger partial charge on any atom is 0.256 e. The van der Waals surface area contributed by atoms with E-state index in [2.05, 4.69) is 15.2 Å². The molecule has 7 nitrogen and oxygen atoms in total. The minimum absolute atomic E-state index is 0.0724. The molecule has 1 aromatic heterocycles. The third-order valence-electron chi connectivity index (χ3n) is 3.91. The van der Waals surface area contributed by atoms with E-state index in [-0.39, 0.29) is 16.7 Å². The highest BCUT2D eigenvalue weighted by atomic mass is 32.2. The molecule has 0 fully saturated rings. The van der Waals surface area contributed by atoms with Gasteiger partial charge in [-0.3, -0.25) is 4.79 Å². The van der Waals surface area contributed by atoms with E-state index >= 15 is 0 Å². The Bertz CT molecular complexity index is 855. The largest absolute Gasteiger partial charge is 0.360 e. The van der Waals surface area contributed by atoms with Crippen molar-refractivity contribution in [3.8, 4) is 0 Å². The Balaban J connectivity index is 1.96. The second-order valence-electron chi connectivity index (χ2n) is 6.31. The zero-order chi connectivity index (χ0) is 19.3. The van der Waals surface area contributed by atoms with Gasteiger partial charge < -0.3 is 9.84 Å². The van der Waals surface area contributed by atoms with Crippen LogP contribution in [-0.4, -0.2) is 32.6 Å². The summed E-state index contributed by atoms with van der Waals surface area (Å²) in [4.78, 5) is 12.6. The molecule has 0 unspecified atom stereocenters. The van der Waals surface area contributed by atoms with E-state index in [0.717, 1.165) is 5.56 Å². The van der Waals surface area contributed by atoms with Crippen LogP contribution in [-0.2, 0) is 16.4 Å². The highest BCUT2D eigenvalue weighted by Crippen LogP contribution is 2.22. The number of carbonyl (C=O) groups is 1. The first-order valence-corrected chi connectivity index (χ1v) is 10.1. The predicted molar refractivity (Wildman–Crippen MR) is 98.7 cm³/mol. The van der Waals surface area contributed by atoms with Crippen molar-refractivity contribution in [3.63, 3.8) is 0 Å². The summed E-state index contributed by atoms with van der Waals surface area (Å²) in [5.74, 6) is 0.444. The third-order valence-corrected chi connectivity index (χ3v) is 5.47. The van der Waals surface area contributed by atoms with Gasteiger partial charge in [-0.2, -0.15) is 0 Å². The van der Waals surface area contributed by atoms with Gasteiger partial charge in [-0.05, 0) is 31.0 Å². The zero-order valence-electron chi connectivity index (χ0n) is 15.5. The van der Waals surface area contributed by atoms with E-state index in [1.807, 2.05) is 13.8 Å². The number of hydrogen-bond donors (Lipinski definition) is 2. The van der Waals surface area contributed by atoms with Crippen molar-refractivity contribution in [3.05, 3.63) is 46.8 Å². The number of sulfonamides is 1. The van der Waals surface area contributed by atoms with Crippen LogP contribution in [0.25, 0.3) is 0 Å². The Kier molecular flexibility index (Phi) is 6.55. The maximum absolute atomic E-state index is 12.4. The van der Waals surface area contributed by atoms with E-state index < -0.39 is 10.0 Å². The first-order valence-electron chi connectivity index (χ1n) is 8.59. The van der Waals surface area contributed by atoms with Crippen LogP contribution in [0.15, 0.2) is 33.7 Å². The summed E-state index contributed by atoms with van der Waals surface area (Å²) in [6.07, 6.45) is 0.592. The minimum Gasteiger partial charge on any atom is -0.360 e. The zero-order valence-corrected chi connectivity index (χ0v) is 16.3. The fraction of sp³-hybridized carbons (Fsp3) is 0.444. The highest BCUT2D eigenvalue weighted by molar-refractivity contribution is 7.89. The third kappa shape index (κ3) is 4.70. The van der Waals surface area contributed by atoms with Gasteiger partial charge in [0.2, 0.25) is 10.0 Å². The van der Waals surface area contributed by atoms with E-state index in [0.29, 0.717) is 36.5 Å². The van der Waals surface area contributed by atoms with Gasteiger partial charge in [0.05, 0.1) is 10.6 Å². The molecule has 142 valence electrons. The van der Waals surface area contributed by atoms with Crippen LogP contribution >= 0.6 is 0 Å². The van der Waals surface area contributed by atoms with Crippen LogP contribution in [0.4, 0.5) is 0 Å². The lowest BCUT2D eigenvalue weighted by Gasteiger charge is -2.08. The molecule has 0 saturated carbocycles. The van der Waals surface area contributed by atoms with Crippen molar-refractivity contribution in [2.24, 2.45) is 0 Å². The van der Waals surface area contributed by atoms with Crippen LogP contribution in [0.3, 0.4) is 0 Å². The topological polar surface area (TPSA) is 101 Å². The number of nitrogens with one attached hydrogen (secondary N) is 2. The molecule has 1 aromatic carbocycles. The average Bonchev–Trinajstić information content (AvgIpc) is 2.97. The summed E-state index contributed by atoms with van der Waals surface area (Å²) < 4.78 is 31.5. The van der Waals surface area contributed by atoms with E-state index in [1.165, 1.54) is 0 Å². The van der Waals surface area contributed by atoms with Crippen molar-refractivity contribution < 1.29 is 17.7 Å². The number of nitrogens with zero attached hydrogens (tertiary/aromatic N) is 1. The van der Waals surface area contributed by atoms with Gasteiger partial charge in [0.15, 0.2) is 5.76 Å². The molecule has 0 aliphatic carbocycles. The number of aryl methyl sites for hydroxylation is 1. The molecule has 0 saturated heterocycles. The molecule has 0 bridgehead atoms. The lowest BCUT2D eigenvalue weighted by atomic mass is 10.0. The van der Waals surface area contributed by atoms with Crippen molar-refractivity contribution in [2.45, 2.75) is 44.9 Å². The molecule has 2 N–H and O–H groups in total. The molecule has 0 aliphatic rings. The summed E-state index contributed by atoms with van der Waals surface area (Å²) in [7, 11) is -3.45. The van der Waals surface area contributed by atoms with Crippen molar-refractivity contribution >= 4 is 15.9 Å². The van der Waals surface area contributed by atoms with Crippen LogP contribution in [0.1, 0.15) is 54.1 Å². The molecule has 2 aromatic rings. The van der Waals surface area contributed by atoms with Gasteiger partial charge >= 0.3 is 0 Å². The molecule has 8 heteroatoms. The first kappa shape index (κ1) is 20.1. The van der Waals surface area contributed by atoms with Gasteiger partial charge in [-0.1, -0.05) is 38.1 Å². The highest BCUT2D eigenvalue weighted by Gasteiger charge is 2.22. The number of aromatic nitrogens is 1. The predicted octanol–water partition coefficient (Wildman–Crippen LogP) is 2.38. The van der Waals surface area contributed by atoms with Crippen LogP contribution in [0.5, 0.6) is 0 Å². The number of amides is 1. The Morgan fingerprint density at radius 2 is 1.88 bits per heavy atom. The van der Waals surface area contributed by atoms with Gasteiger partial charge in [0.25, 0.3) is 5.91 Å². The molecule has 0 spiro atoms. The molecule has 0 atom stereocenters.